The fraction of sp³-hybridized carbons (Fsp3) is 0.111. The number of hydrogen-bond acceptors (Lipinski definition) is 1. The number of anilines is 1. The Morgan fingerprint density at radius 2 is 2.09 bits per heavy atom. The summed E-state index contributed by atoms with van der Waals surface area (Å²) < 4.78 is 2.70. The summed E-state index contributed by atoms with van der Waals surface area (Å²) in [7, 11) is 2.08. The monoisotopic (exact) mass is 211 g/mol. The zero-order valence-electron chi connectivity index (χ0n) is 6.37. The van der Waals surface area contributed by atoms with Gasteiger partial charge < -0.3 is 0 Å². The van der Waals surface area contributed by atoms with Crippen molar-refractivity contribution in [3.8, 4) is 0 Å². The Morgan fingerprint density at radius 1 is 1.36 bits per heavy atom. The van der Waals surface area contributed by atoms with Gasteiger partial charge in [0.1, 0.15) is 0 Å². The van der Waals surface area contributed by atoms with Crippen molar-refractivity contribution >= 4 is 25.1 Å². The number of hydrogen-bond donors (Lipinski definition) is 0. The SMILES string of the molecule is C=C1[Se]c2ccccc2N1C. The van der Waals surface area contributed by atoms with Crippen LogP contribution in [0.15, 0.2) is 35.4 Å². The van der Waals surface area contributed by atoms with Gasteiger partial charge in [-0.05, 0) is 0 Å². The van der Waals surface area contributed by atoms with Crippen LogP contribution in [0.4, 0.5) is 5.69 Å². The molecule has 2 heteroatoms. The van der Waals surface area contributed by atoms with Gasteiger partial charge in [-0.2, -0.15) is 0 Å². The second kappa shape index (κ2) is 2.40. The zero-order chi connectivity index (χ0) is 7.84. The molecule has 0 unspecified atom stereocenters. The molecule has 0 atom stereocenters. The van der Waals surface area contributed by atoms with E-state index in [1.54, 1.807) is 0 Å². The predicted octanol–water partition coefficient (Wildman–Crippen LogP) is 0.937. The molecule has 0 amide bonds. The van der Waals surface area contributed by atoms with Crippen molar-refractivity contribution in [3.63, 3.8) is 0 Å². The van der Waals surface area contributed by atoms with Crippen LogP contribution in [0.5, 0.6) is 0 Å². The van der Waals surface area contributed by atoms with E-state index in [-0.39, 0.29) is 0 Å². The molecule has 0 fully saturated rings. The molecule has 1 heterocycles. The Labute approximate surface area is 72.9 Å². The second-order valence-electron chi connectivity index (χ2n) is 2.52. The number of rotatable bonds is 0. The summed E-state index contributed by atoms with van der Waals surface area (Å²) in [6.45, 7) is 4.00. The van der Waals surface area contributed by atoms with E-state index in [1.165, 1.54) is 14.7 Å². The second-order valence-corrected chi connectivity index (χ2v) is 4.86. The summed E-state index contributed by atoms with van der Waals surface area (Å²) in [6.07, 6.45) is 0. The normalized spacial score (nSPS) is 15.4. The summed E-state index contributed by atoms with van der Waals surface area (Å²) in [5.74, 6) is 0. The van der Waals surface area contributed by atoms with Crippen LogP contribution < -0.4 is 9.36 Å². The third-order valence-corrected chi connectivity index (χ3v) is 4.08. The van der Waals surface area contributed by atoms with Crippen molar-refractivity contribution in [2.45, 2.75) is 0 Å². The Hall–Kier alpha value is -0.721. The minimum absolute atomic E-state index is 0.464. The summed E-state index contributed by atoms with van der Waals surface area (Å²) in [5.41, 5.74) is 1.33. The summed E-state index contributed by atoms with van der Waals surface area (Å²) in [5, 5.41) is 0. The predicted molar refractivity (Wildman–Crippen MR) is 49.4 cm³/mol. The Morgan fingerprint density at radius 3 is 2.82 bits per heavy atom. The van der Waals surface area contributed by atoms with Crippen LogP contribution in [0.3, 0.4) is 0 Å². The molecule has 0 saturated carbocycles. The van der Waals surface area contributed by atoms with E-state index in [2.05, 4.69) is 42.8 Å². The van der Waals surface area contributed by atoms with Gasteiger partial charge in [-0.15, -0.1) is 0 Å². The van der Waals surface area contributed by atoms with Crippen molar-refractivity contribution in [3.05, 3.63) is 35.4 Å². The summed E-state index contributed by atoms with van der Waals surface area (Å²) in [6, 6.07) is 8.50. The standard InChI is InChI=1S/C9H9NSe/c1-7-10(2)8-5-3-4-6-9(8)11-7/h3-6H,1H2,2H3. The maximum absolute atomic E-state index is 4.00. The van der Waals surface area contributed by atoms with Gasteiger partial charge in [0.25, 0.3) is 0 Å². The van der Waals surface area contributed by atoms with E-state index < -0.39 is 0 Å². The van der Waals surface area contributed by atoms with Crippen LogP contribution in [0.2, 0.25) is 0 Å². The first kappa shape index (κ1) is 6.96. The molecular formula is C9H9NSe. The first-order valence-electron chi connectivity index (χ1n) is 3.48. The average molecular weight is 210 g/mol. The molecule has 0 aliphatic carbocycles. The molecule has 1 nitrogen and oxygen atoms in total. The Kier molecular flexibility index (Phi) is 1.52. The average Bonchev–Trinajstić information content (AvgIpc) is 2.30. The van der Waals surface area contributed by atoms with Crippen LogP contribution in [-0.2, 0) is 0 Å². The number of nitrogens with zero attached hydrogens (tertiary/aromatic N) is 1. The summed E-state index contributed by atoms with van der Waals surface area (Å²) >= 11 is 0.464. The molecule has 0 saturated heterocycles. The fourth-order valence-corrected chi connectivity index (χ4v) is 3.13. The number of para-hydroxylation sites is 1. The first-order valence-corrected chi connectivity index (χ1v) is 5.20. The van der Waals surface area contributed by atoms with Gasteiger partial charge in [0.2, 0.25) is 0 Å². The van der Waals surface area contributed by atoms with E-state index in [1.807, 2.05) is 0 Å². The molecule has 1 aromatic rings. The molecule has 0 spiro atoms. The molecule has 56 valence electrons. The third kappa shape index (κ3) is 0.991. The van der Waals surface area contributed by atoms with Crippen molar-refractivity contribution in [2.24, 2.45) is 0 Å². The number of fused-ring (bicyclic) bond motifs is 1. The minimum atomic E-state index is 0.464. The van der Waals surface area contributed by atoms with Crippen molar-refractivity contribution in [1.82, 2.24) is 0 Å². The molecular weight excluding hydrogens is 201 g/mol. The van der Waals surface area contributed by atoms with Gasteiger partial charge in [0.15, 0.2) is 0 Å². The van der Waals surface area contributed by atoms with Gasteiger partial charge in [0.05, 0.1) is 0 Å². The van der Waals surface area contributed by atoms with E-state index in [0.29, 0.717) is 15.0 Å². The van der Waals surface area contributed by atoms with Crippen LogP contribution in [0, 0.1) is 0 Å². The van der Waals surface area contributed by atoms with Gasteiger partial charge in [0, 0.05) is 0 Å². The van der Waals surface area contributed by atoms with Crippen LogP contribution in [0.25, 0.3) is 0 Å². The maximum atomic E-state index is 4.00. The summed E-state index contributed by atoms with van der Waals surface area (Å²) in [4.78, 5) is 2.18. The first-order chi connectivity index (χ1) is 5.29. The quantitative estimate of drug-likeness (QED) is 0.576. The van der Waals surface area contributed by atoms with Crippen LogP contribution >= 0.6 is 0 Å². The van der Waals surface area contributed by atoms with Crippen molar-refractivity contribution in [2.75, 3.05) is 11.9 Å². The van der Waals surface area contributed by atoms with E-state index in [9.17, 15) is 0 Å². The van der Waals surface area contributed by atoms with Crippen molar-refractivity contribution < 1.29 is 0 Å². The molecule has 11 heavy (non-hydrogen) atoms. The molecule has 1 aliphatic rings. The van der Waals surface area contributed by atoms with Gasteiger partial charge in [-0.1, -0.05) is 0 Å². The molecule has 0 N–H and O–H groups in total. The van der Waals surface area contributed by atoms with E-state index in [0.717, 1.165) is 0 Å². The number of benzene rings is 1. The van der Waals surface area contributed by atoms with Gasteiger partial charge in [-0.3, -0.25) is 0 Å². The van der Waals surface area contributed by atoms with Gasteiger partial charge >= 0.3 is 72.5 Å². The molecule has 0 bridgehead atoms. The van der Waals surface area contributed by atoms with E-state index in [4.69, 9.17) is 0 Å². The Bertz CT molecular complexity index is 306. The van der Waals surface area contributed by atoms with Crippen LogP contribution in [0.1, 0.15) is 0 Å². The zero-order valence-corrected chi connectivity index (χ0v) is 8.09. The molecule has 2 rings (SSSR count). The topological polar surface area (TPSA) is 3.24 Å². The Balaban J connectivity index is 2.55. The van der Waals surface area contributed by atoms with Crippen LogP contribution in [-0.4, -0.2) is 22.0 Å². The third-order valence-electron chi connectivity index (χ3n) is 1.83. The van der Waals surface area contributed by atoms with Gasteiger partial charge in [-0.25, -0.2) is 0 Å². The van der Waals surface area contributed by atoms with E-state index >= 15 is 0 Å². The molecule has 0 aromatic heterocycles. The molecule has 1 aromatic carbocycles. The fourth-order valence-electron chi connectivity index (χ4n) is 1.15. The molecule has 1 aliphatic heterocycles. The molecule has 0 radical (unpaired) electrons. The van der Waals surface area contributed by atoms with Crippen molar-refractivity contribution in [1.29, 1.82) is 0 Å².